The molecule has 1 fully saturated rings. The second-order valence-corrected chi connectivity index (χ2v) is 7.85. The Morgan fingerprint density at radius 1 is 1.17 bits per heavy atom. The molecular formula is C23H26N2O5. The number of ether oxygens (including phenoxy) is 2. The van der Waals surface area contributed by atoms with E-state index in [9.17, 15) is 14.7 Å². The van der Waals surface area contributed by atoms with Crippen molar-refractivity contribution < 1.29 is 24.2 Å². The highest BCUT2D eigenvalue weighted by molar-refractivity contribution is 5.81. The highest BCUT2D eigenvalue weighted by Gasteiger charge is 2.31. The average Bonchev–Trinajstić information content (AvgIpc) is 3.06. The van der Waals surface area contributed by atoms with Gasteiger partial charge in [0.15, 0.2) is 0 Å². The number of benzene rings is 2. The molecule has 158 valence electrons. The minimum atomic E-state index is -1.10. The number of likely N-dealkylation sites (N-methyl/N-ethyl adjacent to an activating group) is 1. The van der Waals surface area contributed by atoms with Gasteiger partial charge in [0.05, 0.1) is 12.7 Å². The van der Waals surface area contributed by atoms with Crippen molar-refractivity contribution in [3.05, 3.63) is 59.7 Å². The number of hydrogen-bond acceptors (Lipinski definition) is 5. The van der Waals surface area contributed by atoms with Crippen LogP contribution in [-0.4, -0.2) is 67.6 Å². The molecule has 2 aliphatic rings. The van der Waals surface area contributed by atoms with Crippen LogP contribution in [0.1, 0.15) is 23.5 Å². The van der Waals surface area contributed by atoms with Gasteiger partial charge >= 0.3 is 12.1 Å². The number of amides is 1. The summed E-state index contributed by atoms with van der Waals surface area (Å²) in [6, 6.07) is 15.1. The maximum atomic E-state index is 12.4. The minimum absolute atomic E-state index is 0.0678. The Balaban J connectivity index is 1.39. The van der Waals surface area contributed by atoms with E-state index >= 15 is 0 Å². The van der Waals surface area contributed by atoms with E-state index in [0.717, 1.165) is 28.8 Å². The first-order valence-electron chi connectivity index (χ1n) is 10.2. The Morgan fingerprint density at radius 2 is 1.80 bits per heavy atom. The lowest BCUT2D eigenvalue weighted by atomic mass is 9.98. The SMILES string of the molecule is CN1CCOC(CC(NC(=O)OCC2c3ccccc3-c3ccccc32)C(=O)O)C1. The van der Waals surface area contributed by atoms with Crippen LogP contribution in [0, 0.1) is 0 Å². The van der Waals surface area contributed by atoms with Gasteiger partial charge in [0.25, 0.3) is 0 Å². The Bertz CT molecular complexity index is 886. The van der Waals surface area contributed by atoms with Gasteiger partial charge < -0.3 is 24.8 Å². The summed E-state index contributed by atoms with van der Waals surface area (Å²) in [4.78, 5) is 26.1. The normalized spacial score (nSPS) is 19.6. The average molecular weight is 410 g/mol. The molecule has 1 aliphatic heterocycles. The van der Waals surface area contributed by atoms with Crippen molar-refractivity contribution >= 4 is 12.1 Å². The van der Waals surface area contributed by atoms with E-state index in [0.29, 0.717) is 13.2 Å². The molecule has 1 heterocycles. The second-order valence-electron chi connectivity index (χ2n) is 7.85. The van der Waals surface area contributed by atoms with Crippen molar-refractivity contribution in [2.24, 2.45) is 0 Å². The molecule has 1 saturated heterocycles. The van der Waals surface area contributed by atoms with E-state index < -0.39 is 18.1 Å². The Morgan fingerprint density at radius 3 is 2.40 bits per heavy atom. The van der Waals surface area contributed by atoms with Crippen LogP contribution in [0.5, 0.6) is 0 Å². The summed E-state index contributed by atoms with van der Waals surface area (Å²) in [5.41, 5.74) is 4.51. The molecule has 0 bridgehead atoms. The number of nitrogens with zero attached hydrogens (tertiary/aromatic N) is 1. The van der Waals surface area contributed by atoms with E-state index in [1.807, 2.05) is 43.4 Å². The lowest BCUT2D eigenvalue weighted by molar-refractivity contribution is -0.141. The fourth-order valence-electron chi connectivity index (χ4n) is 4.28. The molecule has 2 aromatic rings. The first kappa shape index (κ1) is 20.4. The molecule has 2 N–H and O–H groups in total. The zero-order chi connectivity index (χ0) is 21.1. The molecule has 2 atom stereocenters. The van der Waals surface area contributed by atoms with Crippen LogP contribution < -0.4 is 5.32 Å². The molecule has 1 aliphatic carbocycles. The summed E-state index contributed by atoms with van der Waals surface area (Å²) in [5, 5.41) is 12.0. The molecule has 0 aromatic heterocycles. The number of nitrogens with one attached hydrogen (secondary N) is 1. The van der Waals surface area contributed by atoms with Crippen molar-refractivity contribution in [3.63, 3.8) is 0 Å². The molecule has 4 rings (SSSR count). The van der Waals surface area contributed by atoms with Crippen molar-refractivity contribution in [2.75, 3.05) is 33.4 Å². The number of carbonyl (C=O) groups excluding carboxylic acids is 1. The molecule has 30 heavy (non-hydrogen) atoms. The van der Waals surface area contributed by atoms with E-state index in [2.05, 4.69) is 22.3 Å². The van der Waals surface area contributed by atoms with Crippen molar-refractivity contribution in [3.8, 4) is 11.1 Å². The number of morpholine rings is 1. The second kappa shape index (κ2) is 8.85. The van der Waals surface area contributed by atoms with Crippen LogP contribution in [0.25, 0.3) is 11.1 Å². The third-order valence-corrected chi connectivity index (χ3v) is 5.77. The smallest absolute Gasteiger partial charge is 0.407 e. The molecule has 0 saturated carbocycles. The predicted octanol–water partition coefficient (Wildman–Crippen LogP) is 2.70. The molecule has 0 radical (unpaired) electrons. The minimum Gasteiger partial charge on any atom is -0.480 e. The fraction of sp³-hybridized carbons (Fsp3) is 0.391. The highest BCUT2D eigenvalue weighted by Crippen LogP contribution is 2.44. The zero-order valence-electron chi connectivity index (χ0n) is 16.9. The summed E-state index contributed by atoms with van der Waals surface area (Å²) in [7, 11) is 1.96. The van der Waals surface area contributed by atoms with E-state index in [4.69, 9.17) is 9.47 Å². The maximum absolute atomic E-state index is 12.4. The first-order valence-corrected chi connectivity index (χ1v) is 10.2. The van der Waals surface area contributed by atoms with Gasteiger partial charge in [0, 0.05) is 25.4 Å². The summed E-state index contributed by atoms with van der Waals surface area (Å²) in [6.07, 6.45) is -0.767. The largest absolute Gasteiger partial charge is 0.480 e. The standard InChI is InChI=1S/C23H26N2O5/c1-25-10-11-29-15(13-25)12-21(22(26)27)24-23(28)30-14-20-18-8-4-2-6-16(18)17-7-3-5-9-19(17)20/h2-9,15,20-21H,10-14H2,1H3,(H,24,28)(H,26,27). The number of hydrogen-bond donors (Lipinski definition) is 2. The summed E-state index contributed by atoms with van der Waals surface area (Å²) >= 11 is 0. The maximum Gasteiger partial charge on any atom is 0.407 e. The molecular weight excluding hydrogens is 384 g/mol. The zero-order valence-corrected chi connectivity index (χ0v) is 16.9. The third-order valence-electron chi connectivity index (χ3n) is 5.77. The van der Waals surface area contributed by atoms with Gasteiger partial charge in [-0.2, -0.15) is 0 Å². The van der Waals surface area contributed by atoms with Gasteiger partial charge in [-0.1, -0.05) is 48.5 Å². The predicted molar refractivity (Wildman–Crippen MR) is 111 cm³/mol. The Kier molecular flexibility index (Phi) is 6.01. The number of rotatable bonds is 6. The van der Waals surface area contributed by atoms with Crippen LogP contribution in [0.2, 0.25) is 0 Å². The van der Waals surface area contributed by atoms with Gasteiger partial charge in [-0.15, -0.1) is 0 Å². The van der Waals surface area contributed by atoms with E-state index in [-0.39, 0.29) is 25.0 Å². The van der Waals surface area contributed by atoms with Crippen LogP contribution in [0.4, 0.5) is 4.79 Å². The number of carbonyl (C=O) groups is 2. The molecule has 1 amide bonds. The molecule has 7 heteroatoms. The molecule has 0 spiro atoms. The van der Waals surface area contributed by atoms with Crippen molar-refractivity contribution in [1.29, 1.82) is 0 Å². The number of aliphatic carboxylic acids is 1. The van der Waals surface area contributed by atoms with E-state index in [1.165, 1.54) is 0 Å². The molecule has 2 unspecified atom stereocenters. The Labute approximate surface area is 175 Å². The van der Waals surface area contributed by atoms with Crippen LogP contribution in [0.15, 0.2) is 48.5 Å². The lowest BCUT2D eigenvalue weighted by Gasteiger charge is -2.31. The van der Waals surface area contributed by atoms with Gasteiger partial charge in [-0.05, 0) is 29.3 Å². The van der Waals surface area contributed by atoms with Gasteiger partial charge in [-0.25, -0.2) is 9.59 Å². The topological polar surface area (TPSA) is 88.1 Å². The monoisotopic (exact) mass is 410 g/mol. The van der Waals surface area contributed by atoms with E-state index in [1.54, 1.807) is 0 Å². The number of fused-ring (bicyclic) bond motifs is 3. The summed E-state index contributed by atoms with van der Waals surface area (Å²) in [5.74, 6) is -1.16. The van der Waals surface area contributed by atoms with Crippen LogP contribution in [0.3, 0.4) is 0 Å². The molecule has 2 aromatic carbocycles. The van der Waals surface area contributed by atoms with Crippen molar-refractivity contribution in [1.82, 2.24) is 10.2 Å². The Hall–Kier alpha value is -2.90. The summed E-state index contributed by atoms with van der Waals surface area (Å²) in [6.45, 7) is 2.15. The van der Waals surface area contributed by atoms with Gasteiger partial charge in [-0.3, -0.25) is 0 Å². The number of alkyl carbamates (subject to hydrolysis) is 1. The number of carboxylic acids is 1. The first-order chi connectivity index (χ1) is 14.5. The quantitative estimate of drug-likeness (QED) is 0.761. The van der Waals surface area contributed by atoms with Crippen LogP contribution >= 0.6 is 0 Å². The summed E-state index contributed by atoms with van der Waals surface area (Å²) < 4.78 is 11.1. The van der Waals surface area contributed by atoms with Gasteiger partial charge in [0.1, 0.15) is 12.6 Å². The lowest BCUT2D eigenvalue weighted by Crippen LogP contribution is -2.48. The fourth-order valence-corrected chi connectivity index (χ4v) is 4.28. The van der Waals surface area contributed by atoms with Crippen molar-refractivity contribution in [2.45, 2.75) is 24.5 Å². The number of carboxylic acid groups (broad SMARTS) is 1. The third kappa shape index (κ3) is 4.32. The molecule has 7 nitrogen and oxygen atoms in total. The van der Waals surface area contributed by atoms with Gasteiger partial charge in [0.2, 0.25) is 0 Å². The highest BCUT2D eigenvalue weighted by atomic mass is 16.5. The van der Waals surface area contributed by atoms with Crippen LogP contribution in [-0.2, 0) is 14.3 Å².